The van der Waals surface area contributed by atoms with Crippen molar-refractivity contribution < 1.29 is 14.1 Å². The van der Waals surface area contributed by atoms with E-state index in [1.54, 1.807) is 12.1 Å². The first kappa shape index (κ1) is 21.7. The molecule has 0 saturated carbocycles. The Balaban J connectivity index is 1.39. The van der Waals surface area contributed by atoms with Gasteiger partial charge in [0.05, 0.1) is 4.92 Å². The van der Waals surface area contributed by atoms with E-state index in [1.807, 2.05) is 23.1 Å². The topological polar surface area (TPSA) is 97.5 Å². The molecular formula is C24H21FN6O3. The third kappa shape index (κ3) is 4.35. The SMILES string of the molecule is O=[N+]([O-])c1c(Oc2ccc(F)c3cccnc23)ncnc1N1CCN(Cc2ccccc2)CC1. The lowest BCUT2D eigenvalue weighted by Crippen LogP contribution is -2.46. The molecule has 2 aromatic carbocycles. The highest BCUT2D eigenvalue weighted by Crippen LogP contribution is 2.38. The highest BCUT2D eigenvalue weighted by atomic mass is 19.1. The highest BCUT2D eigenvalue weighted by molar-refractivity contribution is 5.85. The van der Waals surface area contributed by atoms with Crippen molar-refractivity contribution in [3.05, 3.63) is 88.6 Å². The first-order valence-electron chi connectivity index (χ1n) is 10.8. The van der Waals surface area contributed by atoms with Gasteiger partial charge in [-0.1, -0.05) is 30.3 Å². The van der Waals surface area contributed by atoms with Gasteiger partial charge in [0.25, 0.3) is 0 Å². The summed E-state index contributed by atoms with van der Waals surface area (Å²) in [6.07, 6.45) is 2.75. The van der Waals surface area contributed by atoms with Crippen LogP contribution in [0.3, 0.4) is 0 Å². The van der Waals surface area contributed by atoms with Crippen LogP contribution < -0.4 is 9.64 Å². The van der Waals surface area contributed by atoms with Crippen LogP contribution >= 0.6 is 0 Å². The number of hydrogen-bond donors (Lipinski definition) is 0. The standard InChI is InChI=1S/C24H21FN6O3/c25-19-8-9-20(21-18(19)7-4-10-26-21)34-24-22(31(32)33)23(27-16-28-24)30-13-11-29(12-14-30)15-17-5-2-1-3-6-17/h1-10,16H,11-15H2. The van der Waals surface area contributed by atoms with Crippen molar-refractivity contribution in [3.63, 3.8) is 0 Å². The molecule has 0 unspecified atom stereocenters. The number of fused-ring (bicyclic) bond motifs is 1. The monoisotopic (exact) mass is 460 g/mol. The van der Waals surface area contributed by atoms with Crippen LogP contribution in [0.5, 0.6) is 11.6 Å². The van der Waals surface area contributed by atoms with Crippen molar-refractivity contribution in [2.75, 3.05) is 31.1 Å². The van der Waals surface area contributed by atoms with Crippen molar-refractivity contribution in [1.29, 1.82) is 0 Å². The Morgan fingerprint density at radius 3 is 2.53 bits per heavy atom. The van der Waals surface area contributed by atoms with Gasteiger partial charge < -0.3 is 9.64 Å². The van der Waals surface area contributed by atoms with E-state index in [2.05, 4.69) is 32.0 Å². The third-order valence-electron chi connectivity index (χ3n) is 5.76. The van der Waals surface area contributed by atoms with E-state index in [4.69, 9.17) is 4.74 Å². The zero-order chi connectivity index (χ0) is 23.5. The Morgan fingerprint density at radius 2 is 1.76 bits per heavy atom. The molecular weight excluding hydrogens is 439 g/mol. The van der Waals surface area contributed by atoms with E-state index >= 15 is 0 Å². The normalized spacial score (nSPS) is 14.3. The molecule has 172 valence electrons. The average Bonchev–Trinajstić information content (AvgIpc) is 2.87. The molecule has 0 radical (unpaired) electrons. The lowest BCUT2D eigenvalue weighted by atomic mass is 10.2. The fourth-order valence-electron chi connectivity index (χ4n) is 4.08. The summed E-state index contributed by atoms with van der Waals surface area (Å²) in [6, 6.07) is 16.0. The lowest BCUT2D eigenvalue weighted by Gasteiger charge is -2.35. The summed E-state index contributed by atoms with van der Waals surface area (Å²) in [6.45, 7) is 3.44. The predicted octanol–water partition coefficient (Wildman–Crippen LogP) is 4.19. The molecule has 4 aromatic rings. The fourth-order valence-corrected chi connectivity index (χ4v) is 4.08. The van der Waals surface area contributed by atoms with Crippen LogP contribution in [0.1, 0.15) is 5.56 Å². The molecule has 34 heavy (non-hydrogen) atoms. The van der Waals surface area contributed by atoms with Gasteiger partial charge >= 0.3 is 11.6 Å². The smallest absolute Gasteiger partial charge is 0.373 e. The fraction of sp³-hybridized carbons (Fsp3) is 0.208. The Bertz CT molecular complexity index is 1330. The number of aromatic nitrogens is 3. The number of ether oxygens (including phenoxy) is 1. The van der Waals surface area contributed by atoms with E-state index < -0.39 is 10.7 Å². The number of nitrogens with zero attached hydrogens (tertiary/aromatic N) is 6. The summed E-state index contributed by atoms with van der Waals surface area (Å²) in [7, 11) is 0. The van der Waals surface area contributed by atoms with Gasteiger partial charge in [-0.3, -0.25) is 20.0 Å². The molecule has 0 bridgehead atoms. The summed E-state index contributed by atoms with van der Waals surface area (Å²) >= 11 is 0. The number of benzene rings is 2. The molecule has 3 heterocycles. The molecule has 0 N–H and O–H groups in total. The Labute approximate surface area is 194 Å². The predicted molar refractivity (Wildman–Crippen MR) is 124 cm³/mol. The van der Waals surface area contributed by atoms with E-state index in [9.17, 15) is 14.5 Å². The lowest BCUT2D eigenvalue weighted by molar-refractivity contribution is -0.385. The molecule has 0 aliphatic carbocycles. The molecule has 0 amide bonds. The van der Waals surface area contributed by atoms with Gasteiger partial charge in [-0.25, -0.2) is 9.37 Å². The van der Waals surface area contributed by atoms with Crippen LogP contribution in [0.2, 0.25) is 0 Å². The molecule has 9 nitrogen and oxygen atoms in total. The van der Waals surface area contributed by atoms with Gasteiger partial charge in [0.15, 0.2) is 5.75 Å². The van der Waals surface area contributed by atoms with Crippen LogP contribution in [0.25, 0.3) is 10.9 Å². The maximum atomic E-state index is 14.1. The number of nitro groups is 1. The van der Waals surface area contributed by atoms with E-state index in [-0.39, 0.29) is 34.0 Å². The van der Waals surface area contributed by atoms with Gasteiger partial charge in [0, 0.05) is 44.3 Å². The molecule has 2 aromatic heterocycles. The summed E-state index contributed by atoms with van der Waals surface area (Å²) in [5, 5.41) is 12.3. The van der Waals surface area contributed by atoms with Crippen LogP contribution in [-0.4, -0.2) is 51.0 Å². The third-order valence-corrected chi connectivity index (χ3v) is 5.76. The maximum Gasteiger partial charge on any atom is 0.373 e. The molecule has 10 heteroatoms. The molecule has 0 atom stereocenters. The molecule has 1 fully saturated rings. The second kappa shape index (κ2) is 9.36. The van der Waals surface area contributed by atoms with Crippen LogP contribution in [0.15, 0.2) is 67.1 Å². The van der Waals surface area contributed by atoms with Gasteiger partial charge in [0.2, 0.25) is 5.82 Å². The maximum absolute atomic E-state index is 14.1. The zero-order valence-corrected chi connectivity index (χ0v) is 18.2. The number of anilines is 1. The van der Waals surface area contributed by atoms with Gasteiger partial charge in [0.1, 0.15) is 17.7 Å². The number of hydrogen-bond acceptors (Lipinski definition) is 8. The number of pyridine rings is 1. The summed E-state index contributed by atoms with van der Waals surface area (Å²) < 4.78 is 20.0. The second-order valence-electron chi connectivity index (χ2n) is 7.90. The van der Waals surface area contributed by atoms with Gasteiger partial charge in [-0.15, -0.1) is 0 Å². The number of piperazine rings is 1. The summed E-state index contributed by atoms with van der Waals surface area (Å²) in [5.41, 5.74) is 1.15. The molecule has 0 spiro atoms. The summed E-state index contributed by atoms with van der Waals surface area (Å²) in [4.78, 5) is 28.1. The van der Waals surface area contributed by atoms with Crippen molar-refractivity contribution in [3.8, 4) is 11.6 Å². The number of halogens is 1. The minimum Gasteiger partial charge on any atom is -0.431 e. The zero-order valence-electron chi connectivity index (χ0n) is 18.2. The Hall–Kier alpha value is -4.18. The minimum atomic E-state index is -0.542. The Morgan fingerprint density at radius 1 is 0.971 bits per heavy atom. The Kier molecular flexibility index (Phi) is 5.96. The first-order chi connectivity index (χ1) is 16.6. The average molecular weight is 460 g/mol. The van der Waals surface area contributed by atoms with E-state index in [1.165, 1.54) is 30.2 Å². The molecule has 5 rings (SSSR count). The van der Waals surface area contributed by atoms with Crippen molar-refractivity contribution in [2.45, 2.75) is 6.54 Å². The largest absolute Gasteiger partial charge is 0.431 e. The first-order valence-corrected chi connectivity index (χ1v) is 10.8. The van der Waals surface area contributed by atoms with Crippen LogP contribution in [0, 0.1) is 15.9 Å². The summed E-state index contributed by atoms with van der Waals surface area (Å²) in [5.74, 6) is -0.284. The molecule has 1 aliphatic heterocycles. The second-order valence-corrected chi connectivity index (χ2v) is 7.90. The van der Waals surface area contributed by atoms with Crippen molar-refractivity contribution in [1.82, 2.24) is 19.9 Å². The molecule has 1 aliphatic rings. The van der Waals surface area contributed by atoms with E-state index in [0.717, 1.165) is 19.6 Å². The van der Waals surface area contributed by atoms with Crippen LogP contribution in [-0.2, 0) is 6.54 Å². The van der Waals surface area contributed by atoms with Gasteiger partial charge in [-0.2, -0.15) is 4.98 Å². The van der Waals surface area contributed by atoms with Crippen molar-refractivity contribution >= 4 is 22.4 Å². The number of rotatable bonds is 6. The minimum absolute atomic E-state index is 0.178. The quantitative estimate of drug-likeness (QED) is 0.312. The van der Waals surface area contributed by atoms with Gasteiger partial charge in [-0.05, 0) is 29.8 Å². The molecule has 1 saturated heterocycles. The van der Waals surface area contributed by atoms with Crippen LogP contribution in [0.4, 0.5) is 15.9 Å². The van der Waals surface area contributed by atoms with E-state index in [0.29, 0.717) is 13.1 Å². The highest BCUT2D eigenvalue weighted by Gasteiger charge is 2.31. The van der Waals surface area contributed by atoms with Crippen molar-refractivity contribution in [2.24, 2.45) is 0 Å².